The molecule has 1 unspecified atom stereocenters. The number of hydrogen-bond donors (Lipinski definition) is 2. The highest BCUT2D eigenvalue weighted by Gasteiger charge is 2.17. The number of benzene rings is 1. The Morgan fingerprint density at radius 3 is 1.96 bits per heavy atom. The van der Waals surface area contributed by atoms with Crippen molar-refractivity contribution in [1.29, 1.82) is 0 Å². The summed E-state index contributed by atoms with van der Waals surface area (Å²) in [6.07, 6.45) is 8.59. The first-order valence-corrected chi connectivity index (χ1v) is 8.58. The molecule has 4 nitrogen and oxygen atoms in total. The van der Waals surface area contributed by atoms with Gasteiger partial charge >= 0.3 is 11.9 Å². The molecule has 4 heteroatoms. The highest BCUT2D eigenvalue weighted by molar-refractivity contribution is 5.70. The first-order chi connectivity index (χ1) is 11.1. The second-order valence-electron chi connectivity index (χ2n) is 6.13. The standard InChI is InChI=1S/C19H28O4/c20-18(21)14-10-5-3-1-2-4-9-13-17(19(22)23)15-16-11-7-6-8-12-16/h6-8,11-12,17H,1-5,9-10,13-15H2,(H,20,21)(H,22,23). The minimum atomic E-state index is -0.719. The Labute approximate surface area is 138 Å². The summed E-state index contributed by atoms with van der Waals surface area (Å²) in [5.41, 5.74) is 1.08. The number of aliphatic carboxylic acids is 2. The van der Waals surface area contributed by atoms with Crippen molar-refractivity contribution < 1.29 is 19.8 Å². The van der Waals surface area contributed by atoms with Crippen molar-refractivity contribution in [2.45, 2.75) is 64.2 Å². The van der Waals surface area contributed by atoms with Crippen molar-refractivity contribution in [3.8, 4) is 0 Å². The molecule has 128 valence electrons. The SMILES string of the molecule is O=C(O)CCCCCCCCCC(Cc1ccccc1)C(=O)O. The van der Waals surface area contributed by atoms with Crippen LogP contribution in [0.1, 0.15) is 63.4 Å². The number of unbranched alkanes of at least 4 members (excludes halogenated alkanes) is 6. The van der Waals surface area contributed by atoms with Gasteiger partial charge in [0.25, 0.3) is 0 Å². The van der Waals surface area contributed by atoms with Gasteiger partial charge in [-0.1, -0.05) is 68.9 Å². The molecule has 0 heterocycles. The van der Waals surface area contributed by atoms with Crippen molar-refractivity contribution in [3.63, 3.8) is 0 Å². The van der Waals surface area contributed by atoms with Gasteiger partial charge in [-0.15, -0.1) is 0 Å². The van der Waals surface area contributed by atoms with E-state index in [9.17, 15) is 14.7 Å². The van der Waals surface area contributed by atoms with Crippen LogP contribution in [0.5, 0.6) is 0 Å². The average Bonchev–Trinajstić information content (AvgIpc) is 2.52. The van der Waals surface area contributed by atoms with Crippen LogP contribution in [-0.4, -0.2) is 22.2 Å². The molecule has 0 radical (unpaired) electrons. The van der Waals surface area contributed by atoms with Gasteiger partial charge in [0.05, 0.1) is 5.92 Å². The predicted octanol–water partition coefficient (Wildman–Crippen LogP) is 4.53. The molecule has 0 aliphatic rings. The molecule has 0 aliphatic heterocycles. The molecule has 0 saturated heterocycles. The molecule has 23 heavy (non-hydrogen) atoms. The Kier molecular flexibility index (Phi) is 9.76. The van der Waals surface area contributed by atoms with Crippen LogP contribution in [0.3, 0.4) is 0 Å². The Hall–Kier alpha value is -1.84. The van der Waals surface area contributed by atoms with E-state index in [0.717, 1.165) is 56.9 Å². The van der Waals surface area contributed by atoms with Crippen molar-refractivity contribution in [2.24, 2.45) is 5.92 Å². The molecule has 1 aromatic rings. The number of hydrogen-bond acceptors (Lipinski definition) is 2. The third kappa shape index (κ3) is 9.72. The molecule has 0 aliphatic carbocycles. The lowest BCUT2D eigenvalue weighted by molar-refractivity contribution is -0.142. The molecule has 1 atom stereocenters. The van der Waals surface area contributed by atoms with Crippen LogP contribution in [0.25, 0.3) is 0 Å². The normalized spacial score (nSPS) is 12.0. The lowest BCUT2D eigenvalue weighted by atomic mass is 9.93. The molecule has 0 saturated carbocycles. The molecule has 0 fully saturated rings. The van der Waals surface area contributed by atoms with Gasteiger partial charge in [0.2, 0.25) is 0 Å². The van der Waals surface area contributed by atoms with Gasteiger partial charge in [-0.05, 0) is 24.8 Å². The fourth-order valence-electron chi connectivity index (χ4n) is 2.76. The van der Waals surface area contributed by atoms with Crippen LogP contribution in [-0.2, 0) is 16.0 Å². The first-order valence-electron chi connectivity index (χ1n) is 8.58. The second kappa shape index (κ2) is 11.7. The van der Waals surface area contributed by atoms with Gasteiger partial charge in [-0.2, -0.15) is 0 Å². The van der Waals surface area contributed by atoms with Gasteiger partial charge in [0, 0.05) is 6.42 Å². The van der Waals surface area contributed by atoms with Crippen LogP contribution < -0.4 is 0 Å². The summed E-state index contributed by atoms with van der Waals surface area (Å²) in [7, 11) is 0. The fraction of sp³-hybridized carbons (Fsp3) is 0.579. The summed E-state index contributed by atoms with van der Waals surface area (Å²) in [5, 5.41) is 17.9. The molecule has 1 rings (SSSR count). The van der Waals surface area contributed by atoms with E-state index >= 15 is 0 Å². The van der Waals surface area contributed by atoms with Crippen molar-refractivity contribution in [3.05, 3.63) is 35.9 Å². The molecule has 1 aromatic carbocycles. The molecule has 2 N–H and O–H groups in total. The quantitative estimate of drug-likeness (QED) is 0.524. The maximum atomic E-state index is 11.3. The summed E-state index contributed by atoms with van der Waals surface area (Å²) in [6.45, 7) is 0. The van der Waals surface area contributed by atoms with Gasteiger partial charge in [0.15, 0.2) is 0 Å². The van der Waals surface area contributed by atoms with E-state index < -0.39 is 11.9 Å². The Morgan fingerprint density at radius 2 is 1.39 bits per heavy atom. The summed E-state index contributed by atoms with van der Waals surface area (Å²) in [4.78, 5) is 21.7. The molecule has 0 amide bonds. The third-order valence-electron chi connectivity index (χ3n) is 4.12. The van der Waals surface area contributed by atoms with Gasteiger partial charge in [0.1, 0.15) is 0 Å². The maximum absolute atomic E-state index is 11.3. The third-order valence-corrected chi connectivity index (χ3v) is 4.12. The number of carboxylic acid groups (broad SMARTS) is 2. The highest BCUT2D eigenvalue weighted by atomic mass is 16.4. The maximum Gasteiger partial charge on any atom is 0.306 e. The zero-order valence-corrected chi connectivity index (χ0v) is 13.7. The summed E-state index contributed by atoms with van der Waals surface area (Å²) in [6, 6.07) is 9.78. The monoisotopic (exact) mass is 320 g/mol. The molecule has 0 bridgehead atoms. The second-order valence-corrected chi connectivity index (χ2v) is 6.13. The largest absolute Gasteiger partial charge is 0.481 e. The fourth-order valence-corrected chi connectivity index (χ4v) is 2.76. The van der Waals surface area contributed by atoms with E-state index in [1.54, 1.807) is 0 Å². The van der Waals surface area contributed by atoms with Gasteiger partial charge < -0.3 is 10.2 Å². The van der Waals surface area contributed by atoms with E-state index in [4.69, 9.17) is 5.11 Å². The number of carbonyl (C=O) groups is 2. The minimum absolute atomic E-state index is 0.264. The summed E-state index contributed by atoms with van der Waals surface area (Å²) in [5.74, 6) is -1.72. The van der Waals surface area contributed by atoms with Gasteiger partial charge in [-0.25, -0.2) is 0 Å². The zero-order valence-electron chi connectivity index (χ0n) is 13.7. The van der Waals surface area contributed by atoms with E-state index in [0.29, 0.717) is 6.42 Å². The van der Waals surface area contributed by atoms with E-state index in [-0.39, 0.29) is 12.3 Å². The molecule has 0 aromatic heterocycles. The van der Waals surface area contributed by atoms with E-state index in [2.05, 4.69) is 0 Å². The average molecular weight is 320 g/mol. The van der Waals surface area contributed by atoms with Crippen LogP contribution in [0.15, 0.2) is 30.3 Å². The zero-order chi connectivity index (χ0) is 16.9. The van der Waals surface area contributed by atoms with Crippen molar-refractivity contribution in [1.82, 2.24) is 0 Å². The van der Waals surface area contributed by atoms with Crippen LogP contribution in [0.4, 0.5) is 0 Å². The predicted molar refractivity (Wildman–Crippen MR) is 90.5 cm³/mol. The number of rotatable bonds is 13. The van der Waals surface area contributed by atoms with Crippen LogP contribution in [0.2, 0.25) is 0 Å². The Balaban J connectivity index is 2.10. The van der Waals surface area contributed by atoms with Gasteiger partial charge in [-0.3, -0.25) is 9.59 Å². The minimum Gasteiger partial charge on any atom is -0.481 e. The topological polar surface area (TPSA) is 74.6 Å². The lowest BCUT2D eigenvalue weighted by Gasteiger charge is -2.12. The Morgan fingerprint density at radius 1 is 0.826 bits per heavy atom. The molecule has 0 spiro atoms. The van der Waals surface area contributed by atoms with Crippen molar-refractivity contribution in [2.75, 3.05) is 0 Å². The van der Waals surface area contributed by atoms with Crippen LogP contribution >= 0.6 is 0 Å². The lowest BCUT2D eigenvalue weighted by Crippen LogP contribution is -2.16. The highest BCUT2D eigenvalue weighted by Crippen LogP contribution is 2.17. The number of carboxylic acids is 2. The van der Waals surface area contributed by atoms with Crippen LogP contribution in [0, 0.1) is 5.92 Å². The molecular formula is C19H28O4. The Bertz CT molecular complexity index is 456. The summed E-state index contributed by atoms with van der Waals surface area (Å²) < 4.78 is 0. The summed E-state index contributed by atoms with van der Waals surface area (Å²) >= 11 is 0. The van der Waals surface area contributed by atoms with E-state index in [1.807, 2.05) is 30.3 Å². The van der Waals surface area contributed by atoms with E-state index in [1.165, 1.54) is 0 Å². The van der Waals surface area contributed by atoms with Crippen molar-refractivity contribution >= 4 is 11.9 Å². The molecular weight excluding hydrogens is 292 g/mol. The first kappa shape index (κ1) is 19.2. The smallest absolute Gasteiger partial charge is 0.306 e.